The second-order valence-corrected chi connectivity index (χ2v) is 8.61. The summed E-state index contributed by atoms with van der Waals surface area (Å²) in [4.78, 5) is 8.26. The summed E-state index contributed by atoms with van der Waals surface area (Å²) in [6.45, 7) is 4.90. The molecule has 8 heteroatoms. The molecule has 0 aliphatic heterocycles. The molecule has 168 valence electrons. The second-order valence-electron chi connectivity index (χ2n) is 6.55. The van der Waals surface area contributed by atoms with E-state index in [9.17, 15) is 0 Å². The van der Waals surface area contributed by atoms with Gasteiger partial charge >= 0.3 is 0 Å². The molecule has 0 unspecified atom stereocenters. The van der Waals surface area contributed by atoms with Gasteiger partial charge in [0.2, 0.25) is 5.88 Å². The molecule has 0 aliphatic carbocycles. The molecular formula is C24H23Br2ClN2O3. The van der Waals surface area contributed by atoms with Crippen LogP contribution in [-0.2, 0) is 9.47 Å². The topological polar surface area (TPSA) is 53.5 Å². The summed E-state index contributed by atoms with van der Waals surface area (Å²) in [5, 5.41) is 4.71. The number of hydrogen-bond donors (Lipinski definition) is 0. The van der Waals surface area contributed by atoms with Gasteiger partial charge < -0.3 is 14.2 Å². The van der Waals surface area contributed by atoms with Gasteiger partial charge in [0.25, 0.3) is 0 Å². The molecule has 0 atom stereocenters. The van der Waals surface area contributed by atoms with Gasteiger partial charge in [-0.2, -0.15) is 0 Å². The maximum atomic E-state index is 5.90. The van der Waals surface area contributed by atoms with Crippen molar-refractivity contribution in [2.75, 3.05) is 33.0 Å². The molecule has 0 saturated carbocycles. The smallest absolute Gasteiger partial charge is 0.221 e. The quantitative estimate of drug-likeness (QED) is 0.164. The molecule has 0 spiro atoms. The summed E-state index contributed by atoms with van der Waals surface area (Å²) in [6.07, 6.45) is 3.45. The number of hydrogen-bond acceptors (Lipinski definition) is 5. The lowest BCUT2D eigenvalue weighted by molar-refractivity contribution is 0.0401. The van der Waals surface area contributed by atoms with Crippen molar-refractivity contribution in [1.29, 1.82) is 0 Å². The van der Waals surface area contributed by atoms with E-state index in [1.54, 1.807) is 12.4 Å². The van der Waals surface area contributed by atoms with E-state index >= 15 is 0 Å². The van der Waals surface area contributed by atoms with Gasteiger partial charge in [0.05, 0.1) is 19.8 Å². The third kappa shape index (κ3) is 6.86. The lowest BCUT2D eigenvalue weighted by Crippen LogP contribution is -2.11. The van der Waals surface area contributed by atoms with Crippen LogP contribution in [0.4, 0.5) is 0 Å². The van der Waals surface area contributed by atoms with Crippen molar-refractivity contribution in [1.82, 2.24) is 9.97 Å². The van der Waals surface area contributed by atoms with E-state index in [1.165, 1.54) is 0 Å². The molecule has 4 rings (SSSR count). The average Bonchev–Trinajstić information content (AvgIpc) is 2.80. The highest BCUT2D eigenvalue weighted by Gasteiger charge is 2.05. The minimum atomic E-state index is 0.477. The molecule has 2 aromatic carbocycles. The fourth-order valence-electron chi connectivity index (χ4n) is 2.95. The van der Waals surface area contributed by atoms with Gasteiger partial charge in [-0.1, -0.05) is 61.7 Å². The number of halogens is 3. The minimum absolute atomic E-state index is 0.477. The number of ether oxygens (including phenoxy) is 3. The van der Waals surface area contributed by atoms with Gasteiger partial charge in [0, 0.05) is 49.5 Å². The summed E-state index contributed by atoms with van der Waals surface area (Å²) in [6, 6.07) is 15.8. The lowest BCUT2D eigenvalue weighted by atomic mass is 10.2. The zero-order valence-electron chi connectivity index (χ0n) is 17.6. The number of fused-ring (bicyclic) bond motifs is 2. The van der Waals surface area contributed by atoms with Crippen LogP contribution in [0.3, 0.4) is 0 Å². The van der Waals surface area contributed by atoms with E-state index in [1.807, 2.05) is 55.5 Å². The van der Waals surface area contributed by atoms with Crippen molar-refractivity contribution in [3.8, 4) is 5.88 Å². The zero-order valence-corrected chi connectivity index (χ0v) is 21.5. The molecule has 0 amide bonds. The molecule has 0 radical (unpaired) electrons. The van der Waals surface area contributed by atoms with Gasteiger partial charge in [0.1, 0.15) is 11.8 Å². The molecule has 32 heavy (non-hydrogen) atoms. The number of benzene rings is 2. The highest BCUT2D eigenvalue weighted by molar-refractivity contribution is 9.11. The van der Waals surface area contributed by atoms with Crippen LogP contribution in [0.25, 0.3) is 21.5 Å². The van der Waals surface area contributed by atoms with Crippen LogP contribution in [0.1, 0.15) is 6.92 Å². The van der Waals surface area contributed by atoms with Crippen molar-refractivity contribution in [3.63, 3.8) is 0 Å². The van der Waals surface area contributed by atoms with Gasteiger partial charge in [-0.05, 0) is 37.3 Å². The Morgan fingerprint density at radius 2 is 1.31 bits per heavy atom. The molecule has 4 aromatic rings. The molecule has 0 aliphatic rings. The van der Waals surface area contributed by atoms with Crippen molar-refractivity contribution in [2.45, 2.75) is 6.92 Å². The predicted octanol–water partition coefficient (Wildman–Crippen LogP) is 7.08. The van der Waals surface area contributed by atoms with Gasteiger partial charge in [0.15, 0.2) is 0 Å². The highest BCUT2D eigenvalue weighted by Crippen LogP contribution is 2.29. The van der Waals surface area contributed by atoms with E-state index in [2.05, 4.69) is 41.8 Å². The first-order valence-electron chi connectivity index (χ1n) is 10.1. The summed E-state index contributed by atoms with van der Waals surface area (Å²) in [5.74, 6) is 0.636. The van der Waals surface area contributed by atoms with Crippen LogP contribution in [0, 0.1) is 0 Å². The van der Waals surface area contributed by atoms with Crippen LogP contribution in [-0.4, -0.2) is 43.0 Å². The summed E-state index contributed by atoms with van der Waals surface area (Å²) >= 11 is 12.9. The van der Waals surface area contributed by atoms with Crippen molar-refractivity contribution < 1.29 is 14.2 Å². The third-order valence-electron chi connectivity index (χ3n) is 4.46. The van der Waals surface area contributed by atoms with E-state index in [0.29, 0.717) is 44.1 Å². The Kier molecular flexibility index (Phi) is 10.1. The van der Waals surface area contributed by atoms with Gasteiger partial charge in [-0.15, -0.1) is 0 Å². The zero-order chi connectivity index (χ0) is 22.8. The fraction of sp³-hybridized carbons (Fsp3) is 0.250. The van der Waals surface area contributed by atoms with E-state index < -0.39 is 0 Å². The Morgan fingerprint density at radius 3 is 2.00 bits per heavy atom. The second kappa shape index (κ2) is 13.1. The SMILES string of the molecule is CCOCCOCCOc1nccc2c(Br)cccc12.Clc1nccc2c(Br)cccc12. The maximum Gasteiger partial charge on any atom is 0.221 e. The first-order valence-corrected chi connectivity index (χ1v) is 12.1. The van der Waals surface area contributed by atoms with E-state index in [0.717, 1.165) is 30.5 Å². The Bertz CT molecular complexity index is 1120. The predicted molar refractivity (Wildman–Crippen MR) is 137 cm³/mol. The highest BCUT2D eigenvalue weighted by atomic mass is 79.9. The molecule has 2 heterocycles. The molecule has 0 bridgehead atoms. The number of aromatic nitrogens is 2. The van der Waals surface area contributed by atoms with E-state index in [4.69, 9.17) is 25.8 Å². The molecule has 0 N–H and O–H groups in total. The monoisotopic (exact) mass is 580 g/mol. The van der Waals surface area contributed by atoms with Crippen LogP contribution in [0.2, 0.25) is 5.15 Å². The molecule has 0 saturated heterocycles. The van der Waals surface area contributed by atoms with Gasteiger partial charge in [-0.3, -0.25) is 0 Å². The van der Waals surface area contributed by atoms with Crippen molar-refractivity contribution in [3.05, 3.63) is 75.0 Å². The largest absolute Gasteiger partial charge is 0.475 e. The summed E-state index contributed by atoms with van der Waals surface area (Å²) in [5.41, 5.74) is 0. The third-order valence-corrected chi connectivity index (χ3v) is 6.15. The lowest BCUT2D eigenvalue weighted by Gasteiger charge is -2.09. The number of pyridine rings is 2. The normalized spacial score (nSPS) is 10.8. The molecule has 0 fully saturated rings. The maximum absolute atomic E-state index is 5.90. The minimum Gasteiger partial charge on any atom is -0.475 e. The fourth-order valence-corrected chi connectivity index (χ4v) is 4.17. The summed E-state index contributed by atoms with van der Waals surface area (Å²) in [7, 11) is 0. The Labute approximate surface area is 209 Å². The Morgan fingerprint density at radius 1 is 0.719 bits per heavy atom. The van der Waals surface area contributed by atoms with Crippen LogP contribution in [0.15, 0.2) is 69.9 Å². The summed E-state index contributed by atoms with van der Waals surface area (Å²) < 4.78 is 18.4. The standard InChI is InChI=1S/C15H18BrNO3.C9H5BrClN/c1-2-18-8-9-19-10-11-20-15-13-4-3-5-14(16)12(13)6-7-17-15;10-8-3-1-2-7-6(8)4-5-12-9(7)11/h3-7H,2,8-11H2,1H3;1-5H. The Balaban J connectivity index is 0.000000204. The number of nitrogens with zero attached hydrogens (tertiary/aromatic N) is 2. The first-order chi connectivity index (χ1) is 15.6. The van der Waals surface area contributed by atoms with E-state index in [-0.39, 0.29) is 0 Å². The molecule has 2 aromatic heterocycles. The van der Waals surface area contributed by atoms with Crippen LogP contribution >= 0.6 is 43.5 Å². The molecule has 5 nitrogen and oxygen atoms in total. The number of rotatable bonds is 8. The van der Waals surface area contributed by atoms with Crippen molar-refractivity contribution >= 4 is 65.0 Å². The van der Waals surface area contributed by atoms with Crippen LogP contribution in [0.5, 0.6) is 5.88 Å². The first kappa shape index (κ1) is 24.9. The van der Waals surface area contributed by atoms with Gasteiger partial charge in [-0.25, -0.2) is 9.97 Å². The Hall–Kier alpha value is -1.77. The average molecular weight is 583 g/mol. The van der Waals surface area contributed by atoms with Crippen molar-refractivity contribution in [2.24, 2.45) is 0 Å². The molecular weight excluding hydrogens is 560 g/mol. The van der Waals surface area contributed by atoms with Crippen LogP contribution < -0.4 is 4.74 Å².